The van der Waals surface area contributed by atoms with Gasteiger partial charge >= 0.3 is 19.8 Å². The zero-order valence-electron chi connectivity index (χ0n) is 22.3. The standard InChI is InChI=1S/C25H50NO9P/c1-3-4-5-6-7-8-9-10-11-12-13-14-15-16-17-18-23(28)33-19-22(27)20-34-36(31,32)35-21(2)24(26)25(29)30/h21-22,24,27H,3-20,26H2,1-2H3,(H,29,30)(H,31,32)/t21-,22-,24+/m1/s1. The van der Waals surface area contributed by atoms with Crippen molar-refractivity contribution < 1.29 is 43.0 Å². The second-order valence-electron chi connectivity index (χ2n) is 9.48. The third kappa shape index (κ3) is 21.1. The van der Waals surface area contributed by atoms with Crippen LogP contribution in [-0.2, 0) is 27.9 Å². The first kappa shape index (κ1) is 35.0. The number of phosphoric acid groups is 1. The number of carbonyl (C=O) groups is 2. The van der Waals surface area contributed by atoms with E-state index in [0.717, 1.165) is 12.8 Å². The first-order chi connectivity index (χ1) is 17.1. The van der Waals surface area contributed by atoms with Crippen LogP contribution in [-0.4, -0.2) is 58.5 Å². The number of esters is 1. The molecule has 0 aliphatic rings. The van der Waals surface area contributed by atoms with Crippen LogP contribution in [0, 0.1) is 0 Å². The fourth-order valence-electron chi connectivity index (χ4n) is 3.64. The Kier molecular flexibility index (Phi) is 21.4. The van der Waals surface area contributed by atoms with Gasteiger partial charge in [-0.3, -0.25) is 18.6 Å². The number of unbranched alkanes of at least 4 members (excludes halogenated alkanes) is 14. The van der Waals surface area contributed by atoms with Gasteiger partial charge in [0.25, 0.3) is 0 Å². The topological polar surface area (TPSA) is 166 Å². The van der Waals surface area contributed by atoms with E-state index < -0.39 is 44.6 Å². The Hall–Kier alpha value is -1.03. The van der Waals surface area contributed by atoms with Gasteiger partial charge in [-0.25, -0.2) is 4.57 Å². The number of carboxylic acids is 1. The summed E-state index contributed by atoms with van der Waals surface area (Å²) in [6, 6.07) is -1.51. The summed E-state index contributed by atoms with van der Waals surface area (Å²) in [6.07, 6.45) is 16.2. The van der Waals surface area contributed by atoms with E-state index in [9.17, 15) is 24.2 Å². The maximum absolute atomic E-state index is 11.8. The molecule has 0 aromatic rings. The van der Waals surface area contributed by atoms with Crippen LogP contribution in [0.5, 0.6) is 0 Å². The summed E-state index contributed by atoms with van der Waals surface area (Å²) in [5.41, 5.74) is 5.30. The molecule has 36 heavy (non-hydrogen) atoms. The van der Waals surface area contributed by atoms with Crippen LogP contribution in [0.15, 0.2) is 0 Å². The summed E-state index contributed by atoms with van der Waals surface area (Å²) >= 11 is 0. The van der Waals surface area contributed by atoms with Gasteiger partial charge in [-0.15, -0.1) is 0 Å². The lowest BCUT2D eigenvalue weighted by molar-refractivity contribution is -0.147. The maximum atomic E-state index is 11.8. The maximum Gasteiger partial charge on any atom is 0.472 e. The van der Waals surface area contributed by atoms with Crippen molar-refractivity contribution in [2.24, 2.45) is 5.73 Å². The minimum absolute atomic E-state index is 0.248. The van der Waals surface area contributed by atoms with Gasteiger partial charge in [0.05, 0.1) is 12.7 Å². The first-order valence-corrected chi connectivity index (χ1v) is 15.1. The molecule has 0 bridgehead atoms. The van der Waals surface area contributed by atoms with Crippen molar-refractivity contribution in [2.45, 2.75) is 135 Å². The molecular weight excluding hydrogens is 489 g/mol. The highest BCUT2D eigenvalue weighted by atomic mass is 31.2. The molecule has 214 valence electrons. The fraction of sp³-hybridized carbons (Fsp3) is 0.920. The van der Waals surface area contributed by atoms with E-state index in [1.165, 1.54) is 84.0 Å². The van der Waals surface area contributed by atoms with Gasteiger partial charge in [-0.1, -0.05) is 96.8 Å². The lowest BCUT2D eigenvalue weighted by Gasteiger charge is -2.21. The van der Waals surface area contributed by atoms with E-state index in [2.05, 4.69) is 16.0 Å². The van der Waals surface area contributed by atoms with Crippen LogP contribution in [0.4, 0.5) is 0 Å². The minimum atomic E-state index is -4.63. The lowest BCUT2D eigenvalue weighted by atomic mass is 10.0. The number of aliphatic hydroxyl groups is 1. The van der Waals surface area contributed by atoms with Crippen molar-refractivity contribution in [3.63, 3.8) is 0 Å². The zero-order valence-corrected chi connectivity index (χ0v) is 23.2. The SMILES string of the molecule is CCCCCCCCCCCCCCCCCC(=O)OC[C@@H](O)COP(=O)(O)O[C@H](C)[C@H](N)C(=O)O. The molecule has 0 aliphatic heterocycles. The predicted octanol–water partition coefficient (Wildman–Crippen LogP) is 5.09. The van der Waals surface area contributed by atoms with Crippen molar-refractivity contribution in [1.29, 1.82) is 0 Å². The number of carbonyl (C=O) groups excluding carboxylic acids is 1. The summed E-state index contributed by atoms with van der Waals surface area (Å²) in [5, 5.41) is 18.6. The van der Waals surface area contributed by atoms with Gasteiger partial charge in [0.2, 0.25) is 0 Å². The van der Waals surface area contributed by atoms with Crippen molar-refractivity contribution >= 4 is 19.8 Å². The molecule has 0 aromatic heterocycles. The molecule has 5 N–H and O–H groups in total. The van der Waals surface area contributed by atoms with Gasteiger partial charge in [0.15, 0.2) is 0 Å². The van der Waals surface area contributed by atoms with Crippen molar-refractivity contribution in [2.75, 3.05) is 13.2 Å². The Bertz CT molecular complexity index is 620. The average molecular weight is 540 g/mol. The summed E-state index contributed by atoms with van der Waals surface area (Å²) < 4.78 is 26.0. The Morgan fingerprint density at radius 2 is 1.28 bits per heavy atom. The van der Waals surface area contributed by atoms with Crippen LogP contribution >= 0.6 is 7.82 Å². The lowest BCUT2D eigenvalue weighted by Crippen LogP contribution is -2.41. The van der Waals surface area contributed by atoms with E-state index in [-0.39, 0.29) is 13.0 Å². The fourth-order valence-corrected chi connectivity index (χ4v) is 4.61. The van der Waals surface area contributed by atoms with Crippen LogP contribution < -0.4 is 5.73 Å². The van der Waals surface area contributed by atoms with Crippen LogP contribution in [0.2, 0.25) is 0 Å². The summed E-state index contributed by atoms with van der Waals surface area (Å²) in [7, 11) is -4.63. The minimum Gasteiger partial charge on any atom is -0.480 e. The number of carboxylic acid groups (broad SMARTS) is 1. The van der Waals surface area contributed by atoms with Crippen LogP contribution in [0.25, 0.3) is 0 Å². The quantitative estimate of drug-likeness (QED) is 0.0697. The van der Waals surface area contributed by atoms with Crippen molar-refractivity contribution in [3.8, 4) is 0 Å². The number of aliphatic hydroxyl groups excluding tert-OH is 1. The molecule has 0 rings (SSSR count). The number of ether oxygens (including phenoxy) is 1. The van der Waals surface area contributed by atoms with E-state index >= 15 is 0 Å². The normalized spacial score (nSPS) is 15.7. The van der Waals surface area contributed by atoms with Gasteiger partial charge in [0.1, 0.15) is 18.8 Å². The van der Waals surface area contributed by atoms with Gasteiger partial charge in [-0.05, 0) is 13.3 Å². The highest BCUT2D eigenvalue weighted by molar-refractivity contribution is 7.47. The average Bonchev–Trinajstić information content (AvgIpc) is 2.83. The van der Waals surface area contributed by atoms with E-state index in [0.29, 0.717) is 6.42 Å². The number of rotatable bonds is 25. The molecule has 0 fully saturated rings. The summed E-state index contributed by atoms with van der Waals surface area (Å²) in [6.45, 7) is 2.44. The van der Waals surface area contributed by atoms with Crippen LogP contribution in [0.1, 0.15) is 117 Å². The number of phosphoric ester groups is 1. The van der Waals surface area contributed by atoms with Crippen molar-refractivity contribution in [1.82, 2.24) is 0 Å². The molecule has 0 aromatic carbocycles. The van der Waals surface area contributed by atoms with Gasteiger partial charge < -0.3 is 25.6 Å². The summed E-state index contributed by atoms with van der Waals surface area (Å²) in [5.74, 6) is -1.85. The molecule has 0 heterocycles. The van der Waals surface area contributed by atoms with Gasteiger partial charge in [-0.2, -0.15) is 0 Å². The molecule has 1 unspecified atom stereocenters. The monoisotopic (exact) mass is 539 g/mol. The third-order valence-electron chi connectivity index (χ3n) is 5.94. The second-order valence-corrected chi connectivity index (χ2v) is 10.9. The Morgan fingerprint density at radius 1 is 0.833 bits per heavy atom. The largest absolute Gasteiger partial charge is 0.480 e. The molecule has 0 radical (unpaired) electrons. The molecule has 11 heteroatoms. The summed E-state index contributed by atoms with van der Waals surface area (Å²) in [4.78, 5) is 32.1. The molecule has 10 nitrogen and oxygen atoms in total. The molecule has 0 aliphatic carbocycles. The first-order valence-electron chi connectivity index (χ1n) is 13.6. The molecule has 0 saturated heterocycles. The van der Waals surface area contributed by atoms with Crippen LogP contribution in [0.3, 0.4) is 0 Å². The van der Waals surface area contributed by atoms with Gasteiger partial charge in [0, 0.05) is 6.42 Å². The Balaban J connectivity index is 3.64. The highest BCUT2D eigenvalue weighted by Gasteiger charge is 2.31. The number of hydrogen-bond donors (Lipinski definition) is 4. The van der Waals surface area contributed by atoms with E-state index in [1.54, 1.807) is 0 Å². The third-order valence-corrected chi connectivity index (χ3v) is 7.02. The Labute approximate surface area is 216 Å². The van der Waals surface area contributed by atoms with E-state index in [1.807, 2.05) is 0 Å². The molecule has 0 amide bonds. The number of hydrogen-bond acceptors (Lipinski definition) is 8. The number of aliphatic carboxylic acids is 1. The molecule has 4 atom stereocenters. The van der Waals surface area contributed by atoms with Crippen molar-refractivity contribution in [3.05, 3.63) is 0 Å². The number of nitrogens with two attached hydrogens (primary N) is 1. The zero-order chi connectivity index (χ0) is 27.2. The second kappa shape index (κ2) is 22.0. The highest BCUT2D eigenvalue weighted by Crippen LogP contribution is 2.44. The van der Waals surface area contributed by atoms with E-state index in [4.69, 9.17) is 15.6 Å². The molecule has 0 saturated carbocycles. The predicted molar refractivity (Wildman–Crippen MR) is 138 cm³/mol. The Morgan fingerprint density at radius 3 is 1.72 bits per heavy atom. The molecular formula is C25H50NO9P. The smallest absolute Gasteiger partial charge is 0.472 e. The molecule has 0 spiro atoms.